The molecular weight excluding hydrogens is 408 g/mol. The number of benzene rings is 4. The number of nitrogens with zero attached hydrogens (tertiary/aromatic N) is 3. The fraction of sp³-hybridized carbons (Fsp3) is 0.0385. The molecule has 0 unspecified atom stereocenters. The van der Waals surface area contributed by atoms with Crippen molar-refractivity contribution in [3.8, 4) is 11.6 Å². The molecule has 0 aliphatic rings. The van der Waals surface area contributed by atoms with Crippen LogP contribution in [0.2, 0.25) is 0 Å². The van der Waals surface area contributed by atoms with Crippen molar-refractivity contribution in [1.82, 2.24) is 14.1 Å². The Morgan fingerprint density at radius 1 is 0.588 bits per heavy atom. The molecule has 2 heterocycles. The molecule has 2 aromatic heterocycles. The smallest absolute Gasteiger partial charge is 0.220 e. The number of rotatable bonds is 2. The fourth-order valence-electron chi connectivity index (χ4n) is 5.50. The Balaban J connectivity index is 1.85. The van der Waals surface area contributed by atoms with Crippen LogP contribution in [0.3, 0.4) is 0 Å². The second-order valence-corrected chi connectivity index (χ2v) is 9.58. The van der Waals surface area contributed by atoms with Gasteiger partial charge < -0.3 is 0 Å². The van der Waals surface area contributed by atoms with Gasteiger partial charge in [0.15, 0.2) is 0 Å². The molecule has 0 N–H and O–H groups in total. The summed E-state index contributed by atoms with van der Waals surface area (Å²) in [6.45, 7) is 2.16. The van der Waals surface area contributed by atoms with Crippen molar-refractivity contribution in [1.29, 1.82) is 0 Å². The molecule has 8 heteroatoms. The van der Waals surface area contributed by atoms with E-state index < -0.39 is 0 Å². The van der Waals surface area contributed by atoms with Crippen LogP contribution in [0.25, 0.3) is 44.5 Å². The predicted octanol–water partition coefficient (Wildman–Crippen LogP) is -2.28. The van der Waals surface area contributed by atoms with Gasteiger partial charge in [0.25, 0.3) is 0 Å². The van der Waals surface area contributed by atoms with Gasteiger partial charge in [0.1, 0.15) is 39.2 Å². The lowest BCUT2D eigenvalue weighted by Crippen LogP contribution is -2.56. The summed E-state index contributed by atoms with van der Waals surface area (Å²) in [6, 6.07) is 23.9. The summed E-state index contributed by atoms with van der Waals surface area (Å²) < 4.78 is 4.73. The number of aryl methyl sites for hydroxylation is 1. The van der Waals surface area contributed by atoms with Crippen LogP contribution in [0.1, 0.15) is 5.56 Å². The Morgan fingerprint density at radius 2 is 1.18 bits per heavy atom. The molecule has 0 spiro atoms. The van der Waals surface area contributed by atoms with E-state index in [1.165, 1.54) is 60.4 Å². The highest BCUT2D eigenvalue weighted by atomic mass is 15.2. The van der Waals surface area contributed by atoms with E-state index in [4.69, 9.17) is 4.98 Å². The second kappa shape index (κ2) is 7.49. The van der Waals surface area contributed by atoms with Crippen molar-refractivity contribution < 1.29 is 0 Å². The zero-order chi connectivity index (χ0) is 23.7. The molecule has 0 aliphatic heterocycles. The van der Waals surface area contributed by atoms with Gasteiger partial charge in [-0.3, -0.25) is 9.13 Å². The van der Waals surface area contributed by atoms with Gasteiger partial charge in [-0.25, -0.2) is 4.98 Å². The summed E-state index contributed by atoms with van der Waals surface area (Å²) >= 11 is 0. The van der Waals surface area contributed by atoms with E-state index in [2.05, 4.69) is 122 Å². The lowest BCUT2D eigenvalue weighted by Gasteiger charge is -2.23. The molecule has 158 valence electrons. The third kappa shape index (κ3) is 2.81. The molecule has 0 bridgehead atoms. The van der Waals surface area contributed by atoms with Gasteiger partial charge >= 0.3 is 0 Å². The first-order chi connectivity index (χ1) is 16.4. The Bertz CT molecular complexity index is 1750. The Hall–Kier alpha value is -3.53. The van der Waals surface area contributed by atoms with E-state index in [1.807, 2.05) is 0 Å². The zero-order valence-electron chi connectivity index (χ0n) is 20.7. The molecule has 0 saturated heterocycles. The van der Waals surface area contributed by atoms with Gasteiger partial charge in [-0.15, -0.1) is 5.46 Å². The average Bonchev–Trinajstić information content (AvgIpc) is 3.37. The molecule has 6 rings (SSSR count). The number of aromatic nitrogens is 3. The molecule has 3 nitrogen and oxygen atoms in total. The van der Waals surface area contributed by atoms with Gasteiger partial charge in [0.2, 0.25) is 5.95 Å². The SMILES string of the molecule is Bc1c(B)c(B)c(-n2c(-n3c4ccccc4c4ccc(C)cc43)nc3ccccc32)c(B)c1B. The topological polar surface area (TPSA) is 22.8 Å². The lowest BCUT2D eigenvalue weighted by molar-refractivity contribution is 0.963. The first-order valence-corrected chi connectivity index (χ1v) is 11.9. The number of hydrogen-bond acceptors (Lipinski definition) is 1. The molecule has 4 aromatic carbocycles. The maximum atomic E-state index is 5.25. The molecule has 0 atom stereocenters. The van der Waals surface area contributed by atoms with Crippen molar-refractivity contribution in [2.75, 3.05) is 0 Å². The van der Waals surface area contributed by atoms with Gasteiger partial charge in [-0.05, 0) is 36.8 Å². The number of hydrogen-bond donors (Lipinski definition) is 0. The molecular formula is C26H24B5N3. The van der Waals surface area contributed by atoms with Crippen LogP contribution in [0.15, 0.2) is 66.7 Å². The molecule has 0 fully saturated rings. The van der Waals surface area contributed by atoms with E-state index in [0.29, 0.717) is 0 Å². The minimum atomic E-state index is 0.937. The monoisotopic (exact) mass is 433 g/mol. The standard InChI is InChI=1S/C26H24B5N3/c1-13-10-11-15-14-6-2-4-8-17(14)33(19(15)12-13)26-32-16-7-3-5-9-18(16)34(26)25-23(30)21(28)20(27)22(29)24(25)31/h2-12H,27-31H2,1H3. The number of para-hydroxylation sites is 3. The number of imidazole rings is 1. The minimum absolute atomic E-state index is 0.937. The molecule has 6 aromatic rings. The summed E-state index contributed by atoms with van der Waals surface area (Å²) in [7, 11) is 11.2. The first-order valence-electron chi connectivity index (χ1n) is 11.9. The summed E-state index contributed by atoms with van der Waals surface area (Å²) in [5.74, 6) is 0.937. The van der Waals surface area contributed by atoms with Gasteiger partial charge in [-0.1, -0.05) is 64.3 Å². The normalized spacial score (nSPS) is 11.7. The van der Waals surface area contributed by atoms with Crippen molar-refractivity contribution in [3.63, 3.8) is 0 Å². The molecule has 0 saturated carbocycles. The zero-order valence-corrected chi connectivity index (χ0v) is 20.7. The second-order valence-electron chi connectivity index (χ2n) is 9.58. The van der Waals surface area contributed by atoms with Gasteiger partial charge in [0, 0.05) is 16.5 Å². The van der Waals surface area contributed by atoms with Crippen LogP contribution >= 0.6 is 0 Å². The maximum absolute atomic E-state index is 5.25. The van der Waals surface area contributed by atoms with E-state index in [9.17, 15) is 0 Å². The summed E-state index contributed by atoms with van der Waals surface area (Å²) in [5, 5.41) is 2.50. The van der Waals surface area contributed by atoms with E-state index >= 15 is 0 Å². The summed E-state index contributed by atoms with van der Waals surface area (Å²) in [5.41, 5.74) is 13.7. The van der Waals surface area contributed by atoms with Crippen molar-refractivity contribution in [2.45, 2.75) is 6.92 Å². The molecule has 34 heavy (non-hydrogen) atoms. The lowest BCUT2D eigenvalue weighted by atomic mass is 9.61. The van der Waals surface area contributed by atoms with E-state index in [-0.39, 0.29) is 0 Å². The highest BCUT2D eigenvalue weighted by molar-refractivity contribution is 6.68. The maximum Gasteiger partial charge on any atom is 0.220 e. The first kappa shape index (κ1) is 21.0. The van der Waals surface area contributed by atoms with Crippen LogP contribution in [0.4, 0.5) is 0 Å². The Labute approximate surface area is 204 Å². The quantitative estimate of drug-likeness (QED) is 0.283. The Morgan fingerprint density at radius 3 is 1.91 bits per heavy atom. The highest BCUT2D eigenvalue weighted by Gasteiger charge is 2.22. The van der Waals surface area contributed by atoms with Crippen molar-refractivity contribution in [3.05, 3.63) is 72.3 Å². The average molecular weight is 433 g/mol. The number of fused-ring (bicyclic) bond motifs is 4. The van der Waals surface area contributed by atoms with Crippen LogP contribution in [0.5, 0.6) is 0 Å². The van der Waals surface area contributed by atoms with E-state index in [0.717, 1.165) is 17.0 Å². The van der Waals surface area contributed by atoms with E-state index in [1.54, 1.807) is 0 Å². The van der Waals surface area contributed by atoms with Crippen LogP contribution in [-0.2, 0) is 0 Å². The van der Waals surface area contributed by atoms with Gasteiger partial charge in [-0.2, -0.15) is 0 Å². The van der Waals surface area contributed by atoms with Crippen LogP contribution < -0.4 is 27.3 Å². The summed E-state index contributed by atoms with van der Waals surface area (Å²) in [6.07, 6.45) is 0. The summed E-state index contributed by atoms with van der Waals surface area (Å²) in [4.78, 5) is 5.25. The van der Waals surface area contributed by atoms with Gasteiger partial charge in [0.05, 0.1) is 22.1 Å². The third-order valence-corrected chi connectivity index (χ3v) is 7.76. The molecule has 0 radical (unpaired) electrons. The largest absolute Gasteiger partial charge is 0.279 e. The highest BCUT2D eigenvalue weighted by Crippen LogP contribution is 2.34. The van der Waals surface area contributed by atoms with Crippen LogP contribution in [0, 0.1) is 6.92 Å². The predicted molar refractivity (Wildman–Crippen MR) is 161 cm³/mol. The minimum Gasteiger partial charge on any atom is -0.279 e. The fourth-order valence-corrected chi connectivity index (χ4v) is 5.50. The van der Waals surface area contributed by atoms with Crippen LogP contribution in [-0.4, -0.2) is 53.3 Å². The Kier molecular flexibility index (Phi) is 4.64. The third-order valence-electron chi connectivity index (χ3n) is 7.76. The molecule has 0 aliphatic carbocycles. The molecule has 0 amide bonds. The van der Waals surface area contributed by atoms with Crippen molar-refractivity contribution in [2.24, 2.45) is 0 Å². The van der Waals surface area contributed by atoms with Crippen molar-refractivity contribution >= 4 is 99.4 Å².